The highest BCUT2D eigenvalue weighted by Gasteiger charge is 2.19. The van der Waals surface area contributed by atoms with Gasteiger partial charge in [0.25, 0.3) is 0 Å². The number of aliphatic hydroxyl groups is 1. The molecule has 5 nitrogen and oxygen atoms in total. The summed E-state index contributed by atoms with van der Waals surface area (Å²) in [6.45, 7) is 4.12. The van der Waals surface area contributed by atoms with Gasteiger partial charge >= 0.3 is 5.91 Å². The predicted octanol–water partition coefficient (Wildman–Crippen LogP) is -0.0818. The van der Waals surface area contributed by atoms with Gasteiger partial charge < -0.3 is 15.0 Å². The lowest BCUT2D eigenvalue weighted by molar-refractivity contribution is -0.813. The number of rotatable bonds is 6. The fourth-order valence-electron chi connectivity index (χ4n) is 0.927. The lowest BCUT2D eigenvalue weighted by atomic mass is 10.2. The van der Waals surface area contributed by atoms with E-state index in [0.29, 0.717) is 6.54 Å². The first kappa shape index (κ1) is 18.4. The summed E-state index contributed by atoms with van der Waals surface area (Å²) in [6, 6.07) is 0. The standard InChI is InChI=1S/C6H14NO2.C6H12O2/c1-6(9)7(2,3)4-5-8;1-2-3-4-5-6(7)8/h8H,4-5H2,1-3H3;2-5H2,1H3,(H,7,8)/q+1;/p-1. The molecule has 0 spiro atoms. The highest BCUT2D eigenvalue weighted by Crippen LogP contribution is 1.96. The van der Waals surface area contributed by atoms with Crippen LogP contribution in [-0.2, 0) is 9.59 Å². The van der Waals surface area contributed by atoms with Crippen LogP contribution in [0.5, 0.6) is 0 Å². The SMILES string of the molecule is CC(=O)[N+](C)(C)CCO.CCCCCC(=O)[O-]. The van der Waals surface area contributed by atoms with Crippen molar-refractivity contribution in [2.75, 3.05) is 27.2 Å². The summed E-state index contributed by atoms with van der Waals surface area (Å²) in [5.41, 5.74) is 0. The molecule has 102 valence electrons. The molecule has 0 saturated carbocycles. The zero-order valence-corrected chi connectivity index (χ0v) is 11.4. The van der Waals surface area contributed by atoms with Gasteiger partial charge in [0.2, 0.25) is 0 Å². The quantitative estimate of drug-likeness (QED) is 0.526. The molecule has 1 amide bonds. The molecule has 0 fully saturated rings. The van der Waals surface area contributed by atoms with E-state index in [2.05, 4.69) is 0 Å². The molecule has 0 radical (unpaired) electrons. The minimum absolute atomic E-state index is 0.0621. The number of aliphatic hydroxyl groups excluding tert-OH is 1. The Kier molecular flexibility index (Phi) is 11.1. The Labute approximate surface area is 104 Å². The molecule has 0 heterocycles. The normalized spacial score (nSPS) is 10.4. The molecular formula is C12H25NO4. The lowest BCUT2D eigenvalue weighted by Crippen LogP contribution is -2.45. The van der Waals surface area contributed by atoms with Crippen molar-refractivity contribution in [2.24, 2.45) is 0 Å². The van der Waals surface area contributed by atoms with E-state index in [1.54, 1.807) is 14.1 Å². The average Bonchev–Trinajstić information content (AvgIpc) is 2.18. The summed E-state index contributed by atoms with van der Waals surface area (Å²) in [5.74, 6) is -0.859. The van der Waals surface area contributed by atoms with Gasteiger partial charge in [-0.3, -0.25) is 4.48 Å². The molecule has 0 aromatic rings. The Bertz CT molecular complexity index is 227. The molecule has 0 rings (SSSR count). The van der Waals surface area contributed by atoms with Crippen LogP contribution < -0.4 is 5.11 Å². The Morgan fingerprint density at radius 1 is 1.24 bits per heavy atom. The number of likely N-dealkylation sites (N-methyl/N-ethyl adjacent to an activating group) is 1. The molecule has 0 bridgehead atoms. The highest BCUT2D eigenvalue weighted by molar-refractivity contribution is 5.65. The summed E-state index contributed by atoms with van der Waals surface area (Å²) in [5, 5.41) is 18.2. The van der Waals surface area contributed by atoms with Crippen molar-refractivity contribution in [3.05, 3.63) is 0 Å². The van der Waals surface area contributed by atoms with Crippen LogP contribution in [-0.4, -0.2) is 48.7 Å². The Morgan fingerprint density at radius 3 is 2.00 bits per heavy atom. The summed E-state index contributed by atoms with van der Waals surface area (Å²) in [4.78, 5) is 20.5. The van der Waals surface area contributed by atoms with E-state index in [-0.39, 0.29) is 23.4 Å². The Balaban J connectivity index is 0. The number of quaternary nitrogens is 1. The van der Waals surface area contributed by atoms with E-state index in [0.717, 1.165) is 19.3 Å². The van der Waals surface area contributed by atoms with Crippen molar-refractivity contribution in [1.29, 1.82) is 0 Å². The number of carbonyl (C=O) groups excluding carboxylic acids is 2. The van der Waals surface area contributed by atoms with Crippen molar-refractivity contribution in [3.63, 3.8) is 0 Å². The maximum atomic E-state index is 10.7. The van der Waals surface area contributed by atoms with E-state index >= 15 is 0 Å². The third kappa shape index (κ3) is 13.0. The van der Waals surface area contributed by atoms with E-state index in [1.165, 1.54) is 6.92 Å². The number of carboxylic acids is 1. The molecule has 0 aliphatic heterocycles. The molecule has 0 aliphatic rings. The van der Waals surface area contributed by atoms with E-state index in [9.17, 15) is 14.7 Å². The van der Waals surface area contributed by atoms with Crippen molar-refractivity contribution in [2.45, 2.75) is 39.5 Å². The van der Waals surface area contributed by atoms with Gasteiger partial charge in [-0.05, 0) is 12.8 Å². The predicted molar refractivity (Wildman–Crippen MR) is 63.9 cm³/mol. The van der Waals surface area contributed by atoms with Crippen LogP contribution in [0.2, 0.25) is 0 Å². The summed E-state index contributed by atoms with van der Waals surface area (Å²) in [6.07, 6.45) is 3.04. The highest BCUT2D eigenvalue weighted by atomic mass is 16.4. The molecule has 0 saturated heterocycles. The van der Waals surface area contributed by atoms with Gasteiger partial charge in [-0.15, -0.1) is 0 Å². The number of unbranched alkanes of at least 4 members (excludes halogenated alkanes) is 2. The van der Waals surface area contributed by atoms with Gasteiger partial charge in [0, 0.05) is 5.97 Å². The van der Waals surface area contributed by atoms with Gasteiger partial charge in [0.15, 0.2) is 0 Å². The third-order valence-electron chi connectivity index (χ3n) is 2.50. The summed E-state index contributed by atoms with van der Waals surface area (Å²) < 4.78 is 0.260. The Hall–Kier alpha value is -0.940. The number of carboxylic acid groups (broad SMARTS) is 1. The molecule has 0 aromatic carbocycles. The zero-order valence-electron chi connectivity index (χ0n) is 11.4. The van der Waals surface area contributed by atoms with Gasteiger partial charge in [-0.1, -0.05) is 19.8 Å². The van der Waals surface area contributed by atoms with Crippen LogP contribution >= 0.6 is 0 Å². The lowest BCUT2D eigenvalue weighted by Gasteiger charge is -2.23. The van der Waals surface area contributed by atoms with Crippen LogP contribution in [0.4, 0.5) is 0 Å². The minimum atomic E-state index is -0.932. The van der Waals surface area contributed by atoms with Gasteiger partial charge in [-0.2, -0.15) is 0 Å². The van der Waals surface area contributed by atoms with Crippen LogP contribution in [0, 0.1) is 0 Å². The van der Waals surface area contributed by atoms with Crippen LogP contribution in [0.25, 0.3) is 0 Å². The minimum Gasteiger partial charge on any atom is -0.550 e. The first-order valence-electron chi connectivity index (χ1n) is 5.92. The number of amides is 1. The first-order chi connectivity index (χ1) is 7.77. The molecule has 0 unspecified atom stereocenters. The van der Waals surface area contributed by atoms with Gasteiger partial charge in [-0.25, -0.2) is 4.79 Å². The van der Waals surface area contributed by atoms with Crippen LogP contribution in [0.3, 0.4) is 0 Å². The van der Waals surface area contributed by atoms with E-state index < -0.39 is 5.97 Å². The van der Waals surface area contributed by atoms with Crippen molar-refractivity contribution in [3.8, 4) is 0 Å². The fourth-order valence-corrected chi connectivity index (χ4v) is 0.927. The molecule has 17 heavy (non-hydrogen) atoms. The number of carbonyl (C=O) groups is 2. The maximum absolute atomic E-state index is 10.7. The van der Waals surface area contributed by atoms with Gasteiger partial charge in [0.1, 0.15) is 6.54 Å². The maximum Gasteiger partial charge on any atom is 0.310 e. The smallest absolute Gasteiger partial charge is 0.310 e. The average molecular weight is 247 g/mol. The zero-order chi connectivity index (χ0) is 13.9. The third-order valence-corrected chi connectivity index (χ3v) is 2.50. The molecule has 5 heteroatoms. The first-order valence-corrected chi connectivity index (χ1v) is 5.92. The van der Waals surface area contributed by atoms with Crippen LogP contribution in [0.15, 0.2) is 0 Å². The van der Waals surface area contributed by atoms with Crippen LogP contribution in [0.1, 0.15) is 39.5 Å². The summed E-state index contributed by atoms with van der Waals surface area (Å²) in [7, 11) is 3.55. The topological polar surface area (TPSA) is 77.4 Å². The second-order valence-corrected chi connectivity index (χ2v) is 4.48. The number of hydrogen-bond acceptors (Lipinski definition) is 4. The van der Waals surface area contributed by atoms with E-state index in [4.69, 9.17) is 5.11 Å². The van der Waals surface area contributed by atoms with E-state index in [1.807, 2.05) is 6.92 Å². The van der Waals surface area contributed by atoms with Crippen molar-refractivity contribution >= 4 is 11.9 Å². The monoisotopic (exact) mass is 247 g/mol. The van der Waals surface area contributed by atoms with Crippen molar-refractivity contribution < 1.29 is 24.3 Å². The number of hydrogen-bond donors (Lipinski definition) is 1. The van der Waals surface area contributed by atoms with Gasteiger partial charge in [0.05, 0.1) is 27.6 Å². The number of aliphatic carboxylic acids is 1. The molecule has 0 aromatic heterocycles. The second-order valence-electron chi connectivity index (χ2n) is 4.48. The van der Waals surface area contributed by atoms with Crippen molar-refractivity contribution in [1.82, 2.24) is 0 Å². The largest absolute Gasteiger partial charge is 0.550 e. The summed E-state index contributed by atoms with van der Waals surface area (Å²) >= 11 is 0. The molecule has 0 aliphatic carbocycles. The number of nitrogens with zero attached hydrogens (tertiary/aromatic N) is 1. The molecule has 1 N–H and O–H groups in total. The fraction of sp³-hybridized carbons (Fsp3) is 0.833. The molecular weight excluding hydrogens is 222 g/mol. The second kappa shape index (κ2) is 10.2. The molecule has 0 atom stereocenters. The Morgan fingerprint density at radius 2 is 1.76 bits per heavy atom.